The van der Waals surface area contributed by atoms with Gasteiger partial charge in [-0.3, -0.25) is 9.78 Å². The molecule has 1 aliphatic rings. The molecular weight excluding hydrogens is 330 g/mol. The third-order valence-corrected chi connectivity index (χ3v) is 4.29. The number of aromatic nitrogens is 4. The van der Waals surface area contributed by atoms with Crippen molar-refractivity contribution in [3.8, 4) is 11.3 Å². The fraction of sp³-hybridized carbons (Fsp3) is 0.222. The van der Waals surface area contributed by atoms with Gasteiger partial charge in [0.05, 0.1) is 29.2 Å². The van der Waals surface area contributed by atoms with Gasteiger partial charge in [0.15, 0.2) is 0 Å². The molecule has 3 aromatic rings. The second-order valence-electron chi connectivity index (χ2n) is 6.04. The first-order chi connectivity index (χ1) is 13.7. The van der Waals surface area contributed by atoms with E-state index in [4.69, 9.17) is 4.11 Å². The molecule has 1 aromatic carbocycles. The van der Waals surface area contributed by atoms with E-state index in [1.807, 2.05) is 30.6 Å². The molecule has 2 aromatic heterocycles. The van der Waals surface area contributed by atoms with Crippen LogP contribution in [0.1, 0.15) is 20.2 Å². The Bertz CT molecular complexity index is 1090. The molecule has 0 radical (unpaired) electrons. The zero-order valence-corrected chi connectivity index (χ0v) is 14.3. The van der Waals surface area contributed by atoms with E-state index in [0.717, 1.165) is 28.3 Å². The van der Waals surface area contributed by atoms with Gasteiger partial charge in [-0.25, -0.2) is 0 Å². The normalized spacial score (nSPS) is 14.5. The molecule has 0 aliphatic carbocycles. The third kappa shape index (κ3) is 2.55. The lowest BCUT2D eigenvalue weighted by atomic mass is 10.0. The van der Waals surface area contributed by atoms with E-state index in [1.165, 1.54) is 12.4 Å². The average Bonchev–Trinajstić information content (AvgIpc) is 3.01. The van der Waals surface area contributed by atoms with Gasteiger partial charge in [-0.05, 0) is 12.1 Å². The third-order valence-electron chi connectivity index (χ3n) is 4.29. The maximum absolute atomic E-state index is 12.4. The van der Waals surface area contributed by atoms with Crippen LogP contribution in [-0.4, -0.2) is 39.9 Å². The van der Waals surface area contributed by atoms with Gasteiger partial charge < -0.3 is 15.5 Å². The highest BCUT2D eigenvalue weighted by atomic mass is 16.1. The number of nitrogens with one attached hydrogen (secondary N) is 2. The number of hydrogen-bond acceptors (Lipinski definition) is 6. The molecule has 1 aliphatic heterocycles. The number of carbonyl (C=O) groups is 1. The van der Waals surface area contributed by atoms with Gasteiger partial charge in [-0.1, -0.05) is 12.1 Å². The second kappa shape index (κ2) is 6.14. The maximum Gasteiger partial charge on any atom is 0.254 e. The standard InChI is InChI=1S/C18H19N7O/c1-19-18(26)12-9-20-8-7-13(12)21-14-6-4-5-11-16-15(22-25(3)23-16)10-24(2)17(11)14/h4-9H,10H2,1-3H3,(H,19,26)(H,20,21)/i1D3. The van der Waals surface area contributed by atoms with Crippen LogP contribution in [0.5, 0.6) is 0 Å². The van der Waals surface area contributed by atoms with Crippen LogP contribution in [0.25, 0.3) is 11.3 Å². The Labute approximate surface area is 155 Å². The highest BCUT2D eigenvalue weighted by molar-refractivity contribution is 6.01. The zero-order valence-electron chi connectivity index (χ0n) is 17.3. The monoisotopic (exact) mass is 352 g/mol. The summed E-state index contributed by atoms with van der Waals surface area (Å²) in [6.07, 6.45) is 2.87. The van der Waals surface area contributed by atoms with E-state index >= 15 is 0 Å². The van der Waals surface area contributed by atoms with E-state index in [-0.39, 0.29) is 5.56 Å². The summed E-state index contributed by atoms with van der Waals surface area (Å²) < 4.78 is 21.8. The number of pyridine rings is 1. The number of aryl methyl sites for hydroxylation is 1. The lowest BCUT2D eigenvalue weighted by Crippen LogP contribution is -2.23. The first-order valence-electron chi connectivity index (χ1n) is 9.51. The molecule has 2 N–H and O–H groups in total. The van der Waals surface area contributed by atoms with Crippen molar-refractivity contribution in [1.82, 2.24) is 25.3 Å². The molecule has 26 heavy (non-hydrogen) atoms. The summed E-state index contributed by atoms with van der Waals surface area (Å²) in [5, 5.41) is 14.1. The number of carbonyl (C=O) groups excluding carboxylic acids is 1. The van der Waals surface area contributed by atoms with Crippen LogP contribution < -0.4 is 15.5 Å². The van der Waals surface area contributed by atoms with Crippen molar-refractivity contribution in [2.24, 2.45) is 7.05 Å². The molecular formula is C18H19N7O. The van der Waals surface area contributed by atoms with Gasteiger partial charge in [-0.15, -0.1) is 0 Å². The summed E-state index contributed by atoms with van der Waals surface area (Å²) >= 11 is 0. The summed E-state index contributed by atoms with van der Waals surface area (Å²) in [7, 11) is 3.74. The van der Waals surface area contributed by atoms with Crippen LogP contribution in [0.4, 0.5) is 17.1 Å². The highest BCUT2D eigenvalue weighted by Gasteiger charge is 2.26. The van der Waals surface area contributed by atoms with Crippen molar-refractivity contribution in [3.63, 3.8) is 0 Å². The van der Waals surface area contributed by atoms with Gasteiger partial charge in [0, 0.05) is 43.1 Å². The summed E-state index contributed by atoms with van der Waals surface area (Å²) in [5.74, 6) is -0.727. The van der Waals surface area contributed by atoms with Crippen LogP contribution in [0.3, 0.4) is 0 Å². The van der Waals surface area contributed by atoms with Crippen LogP contribution in [-0.2, 0) is 13.6 Å². The van der Waals surface area contributed by atoms with Crippen LogP contribution in [0.15, 0.2) is 36.7 Å². The Morgan fingerprint density at radius 2 is 2.12 bits per heavy atom. The molecule has 8 heteroatoms. The largest absolute Gasteiger partial charge is 0.366 e. The molecule has 1 amide bonds. The lowest BCUT2D eigenvalue weighted by Gasteiger charge is -2.28. The predicted octanol–water partition coefficient (Wildman–Crippen LogP) is 1.93. The first kappa shape index (κ1) is 12.9. The zero-order chi connectivity index (χ0) is 20.8. The molecule has 0 spiro atoms. The average molecular weight is 352 g/mol. The second-order valence-corrected chi connectivity index (χ2v) is 6.04. The van der Waals surface area contributed by atoms with Crippen molar-refractivity contribution in [2.75, 3.05) is 24.2 Å². The van der Waals surface area contributed by atoms with Crippen molar-refractivity contribution in [1.29, 1.82) is 0 Å². The fourth-order valence-electron chi connectivity index (χ4n) is 3.21. The van der Waals surface area contributed by atoms with E-state index < -0.39 is 12.9 Å². The number of rotatable bonds is 3. The molecule has 8 nitrogen and oxygen atoms in total. The molecule has 0 unspecified atom stereocenters. The quantitative estimate of drug-likeness (QED) is 0.749. The van der Waals surface area contributed by atoms with Crippen LogP contribution in [0.2, 0.25) is 0 Å². The molecule has 0 saturated carbocycles. The van der Waals surface area contributed by atoms with E-state index in [1.54, 1.807) is 17.9 Å². The van der Waals surface area contributed by atoms with Gasteiger partial charge in [0.1, 0.15) is 11.4 Å². The Hall–Kier alpha value is -3.42. The number of anilines is 3. The summed E-state index contributed by atoms with van der Waals surface area (Å²) in [5.41, 5.74) is 4.90. The van der Waals surface area contributed by atoms with Crippen LogP contribution >= 0.6 is 0 Å². The van der Waals surface area contributed by atoms with Gasteiger partial charge in [0.25, 0.3) is 5.91 Å². The molecule has 0 atom stereocenters. The van der Waals surface area contributed by atoms with Crippen LogP contribution in [0, 0.1) is 0 Å². The van der Waals surface area contributed by atoms with Crippen molar-refractivity contribution in [3.05, 3.63) is 47.9 Å². The van der Waals surface area contributed by atoms with Gasteiger partial charge in [0.2, 0.25) is 0 Å². The van der Waals surface area contributed by atoms with Gasteiger partial charge >= 0.3 is 0 Å². The predicted molar refractivity (Wildman–Crippen MR) is 99.5 cm³/mol. The minimum Gasteiger partial charge on any atom is -0.366 e. The summed E-state index contributed by atoms with van der Waals surface area (Å²) in [6, 6.07) is 7.38. The highest BCUT2D eigenvalue weighted by Crippen LogP contribution is 2.42. The molecule has 0 bridgehead atoms. The smallest absolute Gasteiger partial charge is 0.254 e. The summed E-state index contributed by atoms with van der Waals surface area (Å²) in [4.78, 5) is 20.0. The Morgan fingerprint density at radius 3 is 2.96 bits per heavy atom. The Balaban J connectivity index is 1.74. The minimum absolute atomic E-state index is 0.139. The topological polar surface area (TPSA) is 88.0 Å². The molecule has 3 heterocycles. The number of amides is 1. The minimum atomic E-state index is -2.58. The van der Waals surface area contributed by atoms with E-state index in [2.05, 4.69) is 25.4 Å². The van der Waals surface area contributed by atoms with Crippen molar-refractivity contribution in [2.45, 2.75) is 6.54 Å². The molecule has 0 fully saturated rings. The SMILES string of the molecule is [2H]C([2H])([2H])NC(=O)c1cnccc1Nc1cccc2c1N(C)Cc1nn(C)nc1-2. The molecule has 4 rings (SSSR count). The first-order valence-corrected chi connectivity index (χ1v) is 8.01. The number of nitrogens with zero attached hydrogens (tertiary/aromatic N) is 5. The summed E-state index contributed by atoms with van der Waals surface area (Å²) in [6.45, 7) is -1.99. The molecule has 0 saturated heterocycles. The maximum atomic E-state index is 12.4. The molecule has 132 valence electrons. The number of hydrogen-bond donors (Lipinski definition) is 2. The number of benzene rings is 1. The van der Waals surface area contributed by atoms with E-state index in [9.17, 15) is 4.79 Å². The Kier molecular flexibility index (Phi) is 3.04. The number of para-hydroxylation sites is 1. The van der Waals surface area contributed by atoms with Gasteiger partial charge in [-0.2, -0.15) is 15.0 Å². The van der Waals surface area contributed by atoms with Crippen molar-refractivity contribution >= 4 is 23.0 Å². The fourth-order valence-corrected chi connectivity index (χ4v) is 3.21. The van der Waals surface area contributed by atoms with E-state index in [0.29, 0.717) is 12.2 Å². The lowest BCUT2D eigenvalue weighted by molar-refractivity contribution is 0.0963. The Morgan fingerprint density at radius 1 is 1.23 bits per heavy atom. The van der Waals surface area contributed by atoms with Crippen molar-refractivity contribution < 1.29 is 8.91 Å². The number of fused-ring (bicyclic) bond motifs is 3.